The van der Waals surface area contributed by atoms with Crippen molar-refractivity contribution in [2.45, 2.75) is 39.2 Å². The first-order chi connectivity index (χ1) is 10.4. The van der Waals surface area contributed by atoms with Crippen LogP contribution in [-0.4, -0.2) is 29.5 Å². The number of nitrogens with zero attached hydrogens (tertiary/aromatic N) is 1. The normalized spacial score (nSPS) is 11.1. The third-order valence-electron chi connectivity index (χ3n) is 3.84. The number of hydrogen-bond donors (Lipinski definition) is 2. The fraction of sp³-hybridized carbons (Fsp3) is 0.533. The molecule has 0 unspecified atom stereocenters. The van der Waals surface area contributed by atoms with Gasteiger partial charge >= 0.3 is 5.69 Å². The number of amides is 1. The molecule has 3 N–H and O–H groups in total. The maximum atomic E-state index is 12.4. The van der Waals surface area contributed by atoms with E-state index in [1.165, 1.54) is 18.2 Å². The van der Waals surface area contributed by atoms with Gasteiger partial charge in [-0.1, -0.05) is 13.8 Å². The molecule has 0 spiro atoms. The summed E-state index contributed by atoms with van der Waals surface area (Å²) in [5, 5.41) is 14.0. The summed E-state index contributed by atoms with van der Waals surface area (Å²) in [6, 6.07) is 4.19. The van der Waals surface area contributed by atoms with Gasteiger partial charge in [-0.25, -0.2) is 0 Å². The predicted octanol–water partition coefficient (Wildman–Crippen LogP) is 2.24. The number of carbonyl (C=O) groups excluding carboxylic acids is 1. The zero-order valence-electron chi connectivity index (χ0n) is 13.2. The SMILES string of the molecule is CCOc1ccc(C(=O)NC(CC)(CC)CN)cc1[N+](=O)[O-]. The summed E-state index contributed by atoms with van der Waals surface area (Å²) in [5.41, 5.74) is 5.25. The first-order valence-electron chi connectivity index (χ1n) is 7.36. The standard InChI is InChI=1S/C15H23N3O4/c1-4-15(5-2,10-16)17-14(19)11-7-8-13(22-6-3)12(9-11)18(20)21/h7-9H,4-6,10,16H2,1-3H3,(H,17,19). The zero-order chi connectivity index (χ0) is 16.8. The highest BCUT2D eigenvalue weighted by Gasteiger charge is 2.28. The van der Waals surface area contributed by atoms with Crippen LogP contribution in [0, 0.1) is 10.1 Å². The molecule has 0 saturated heterocycles. The monoisotopic (exact) mass is 309 g/mol. The number of benzene rings is 1. The Balaban J connectivity index is 3.09. The Morgan fingerprint density at radius 3 is 2.45 bits per heavy atom. The molecule has 1 aromatic carbocycles. The molecule has 0 saturated carbocycles. The van der Waals surface area contributed by atoms with Crippen molar-refractivity contribution in [3.05, 3.63) is 33.9 Å². The van der Waals surface area contributed by atoms with Crippen LogP contribution in [0.5, 0.6) is 5.75 Å². The van der Waals surface area contributed by atoms with Crippen LogP contribution in [0.3, 0.4) is 0 Å². The second kappa shape index (κ2) is 7.74. The van der Waals surface area contributed by atoms with Gasteiger partial charge in [0.15, 0.2) is 5.75 Å². The topological polar surface area (TPSA) is 107 Å². The fourth-order valence-electron chi connectivity index (χ4n) is 2.16. The van der Waals surface area contributed by atoms with Crippen LogP contribution in [0.2, 0.25) is 0 Å². The maximum Gasteiger partial charge on any atom is 0.311 e. The van der Waals surface area contributed by atoms with Crippen LogP contribution in [0.15, 0.2) is 18.2 Å². The van der Waals surface area contributed by atoms with E-state index in [0.717, 1.165) is 0 Å². The van der Waals surface area contributed by atoms with E-state index in [4.69, 9.17) is 10.5 Å². The first kappa shape index (κ1) is 17.9. The number of nitrogens with two attached hydrogens (primary N) is 1. The molecule has 7 heteroatoms. The molecule has 0 radical (unpaired) electrons. The van der Waals surface area contributed by atoms with E-state index in [9.17, 15) is 14.9 Å². The summed E-state index contributed by atoms with van der Waals surface area (Å²) in [7, 11) is 0. The highest BCUT2D eigenvalue weighted by Crippen LogP contribution is 2.28. The zero-order valence-corrected chi connectivity index (χ0v) is 13.2. The van der Waals surface area contributed by atoms with E-state index >= 15 is 0 Å². The van der Waals surface area contributed by atoms with Crippen LogP contribution < -0.4 is 15.8 Å². The Morgan fingerprint density at radius 1 is 1.36 bits per heavy atom. The lowest BCUT2D eigenvalue weighted by molar-refractivity contribution is -0.385. The Labute approximate surface area is 130 Å². The van der Waals surface area contributed by atoms with E-state index in [1.54, 1.807) is 6.92 Å². The minimum atomic E-state index is -0.558. The number of nitro groups is 1. The minimum Gasteiger partial charge on any atom is -0.487 e. The van der Waals surface area contributed by atoms with Gasteiger partial charge in [0.2, 0.25) is 0 Å². The number of hydrogen-bond acceptors (Lipinski definition) is 5. The number of carbonyl (C=O) groups is 1. The number of nitrogens with one attached hydrogen (secondary N) is 1. The molecule has 0 aromatic heterocycles. The van der Waals surface area contributed by atoms with Crippen molar-refractivity contribution in [1.82, 2.24) is 5.32 Å². The van der Waals surface area contributed by atoms with Crippen LogP contribution in [-0.2, 0) is 0 Å². The van der Waals surface area contributed by atoms with Gasteiger partial charge in [0, 0.05) is 18.2 Å². The van der Waals surface area contributed by atoms with Crippen molar-refractivity contribution in [3.63, 3.8) is 0 Å². The third kappa shape index (κ3) is 3.94. The van der Waals surface area contributed by atoms with Crippen molar-refractivity contribution in [2.24, 2.45) is 5.73 Å². The molecular weight excluding hydrogens is 286 g/mol. The molecule has 7 nitrogen and oxygen atoms in total. The van der Waals surface area contributed by atoms with E-state index < -0.39 is 10.5 Å². The Bertz CT molecular complexity index is 533. The quantitative estimate of drug-likeness (QED) is 0.565. The van der Waals surface area contributed by atoms with Crippen molar-refractivity contribution in [1.29, 1.82) is 0 Å². The van der Waals surface area contributed by atoms with Crippen molar-refractivity contribution in [3.8, 4) is 5.75 Å². The molecule has 0 heterocycles. The van der Waals surface area contributed by atoms with E-state index in [0.29, 0.717) is 26.0 Å². The molecule has 1 amide bonds. The second-order valence-electron chi connectivity index (χ2n) is 5.02. The summed E-state index contributed by atoms with van der Waals surface area (Å²) in [6.07, 6.45) is 1.37. The Morgan fingerprint density at radius 2 is 2.00 bits per heavy atom. The first-order valence-corrected chi connectivity index (χ1v) is 7.36. The van der Waals surface area contributed by atoms with Gasteiger partial charge in [-0.2, -0.15) is 0 Å². The fourth-order valence-corrected chi connectivity index (χ4v) is 2.16. The van der Waals surface area contributed by atoms with Crippen LogP contribution in [0.25, 0.3) is 0 Å². The van der Waals surface area contributed by atoms with E-state index in [-0.39, 0.29) is 22.9 Å². The molecule has 0 bridgehead atoms. The summed E-state index contributed by atoms with van der Waals surface area (Å²) >= 11 is 0. The molecule has 122 valence electrons. The molecule has 0 aliphatic carbocycles. The smallest absolute Gasteiger partial charge is 0.311 e. The lowest BCUT2D eigenvalue weighted by Crippen LogP contribution is -2.52. The molecule has 1 rings (SSSR count). The number of rotatable bonds is 8. The van der Waals surface area contributed by atoms with Gasteiger partial charge in [-0.05, 0) is 31.9 Å². The van der Waals surface area contributed by atoms with Gasteiger partial charge in [0.25, 0.3) is 5.91 Å². The molecule has 0 aliphatic heterocycles. The lowest BCUT2D eigenvalue weighted by Gasteiger charge is -2.31. The molecule has 0 atom stereocenters. The summed E-state index contributed by atoms with van der Waals surface area (Å²) < 4.78 is 5.20. The van der Waals surface area contributed by atoms with E-state index in [1.807, 2.05) is 13.8 Å². The third-order valence-corrected chi connectivity index (χ3v) is 3.84. The number of nitro benzene ring substituents is 1. The Hall–Kier alpha value is -2.15. The van der Waals surface area contributed by atoms with Crippen LogP contribution in [0.4, 0.5) is 5.69 Å². The van der Waals surface area contributed by atoms with Gasteiger partial charge < -0.3 is 15.8 Å². The van der Waals surface area contributed by atoms with Crippen LogP contribution in [0.1, 0.15) is 44.0 Å². The molecule has 0 fully saturated rings. The minimum absolute atomic E-state index is 0.153. The van der Waals surface area contributed by atoms with E-state index in [2.05, 4.69) is 5.32 Å². The molecular formula is C15H23N3O4. The van der Waals surface area contributed by atoms with Crippen LogP contribution >= 0.6 is 0 Å². The van der Waals surface area contributed by atoms with Gasteiger partial charge in [-0.3, -0.25) is 14.9 Å². The van der Waals surface area contributed by atoms with Gasteiger partial charge in [-0.15, -0.1) is 0 Å². The summed E-state index contributed by atoms with van der Waals surface area (Å²) in [4.78, 5) is 22.9. The van der Waals surface area contributed by atoms with Gasteiger partial charge in [0.1, 0.15) is 0 Å². The number of ether oxygens (including phenoxy) is 1. The predicted molar refractivity (Wildman–Crippen MR) is 84.1 cm³/mol. The van der Waals surface area contributed by atoms with Crippen molar-refractivity contribution < 1.29 is 14.5 Å². The van der Waals surface area contributed by atoms with Crippen molar-refractivity contribution >= 4 is 11.6 Å². The molecule has 1 aromatic rings. The average Bonchev–Trinajstić information content (AvgIpc) is 2.53. The second-order valence-corrected chi connectivity index (χ2v) is 5.02. The molecule has 22 heavy (non-hydrogen) atoms. The maximum absolute atomic E-state index is 12.4. The van der Waals surface area contributed by atoms with Crippen molar-refractivity contribution in [2.75, 3.05) is 13.2 Å². The largest absolute Gasteiger partial charge is 0.487 e. The molecule has 0 aliphatic rings. The highest BCUT2D eigenvalue weighted by atomic mass is 16.6. The highest BCUT2D eigenvalue weighted by molar-refractivity contribution is 5.95. The van der Waals surface area contributed by atoms with Gasteiger partial charge in [0.05, 0.1) is 17.1 Å². The summed E-state index contributed by atoms with van der Waals surface area (Å²) in [6.45, 7) is 6.25. The lowest BCUT2D eigenvalue weighted by atomic mass is 9.92. The summed E-state index contributed by atoms with van der Waals surface area (Å²) in [5.74, 6) is -0.222. The Kier molecular flexibility index (Phi) is 6.30. The average molecular weight is 309 g/mol.